The van der Waals surface area contributed by atoms with Gasteiger partial charge in [0.15, 0.2) is 0 Å². The standard InChI is InChI=1S/C8H10N2O4S/c1-3-13-7(11)6-4-9-8(10-5-6)15-14-12-2/h4-5H,3H2,1-2H3. The van der Waals surface area contributed by atoms with Crippen molar-refractivity contribution in [3.8, 4) is 0 Å². The third-order valence-corrected chi connectivity index (χ3v) is 1.88. The van der Waals surface area contributed by atoms with E-state index >= 15 is 0 Å². The second kappa shape index (κ2) is 6.33. The molecule has 0 amide bonds. The predicted octanol–water partition coefficient (Wildman–Crippen LogP) is 1.24. The summed E-state index contributed by atoms with van der Waals surface area (Å²) in [6.45, 7) is 2.05. The first-order valence-electron chi connectivity index (χ1n) is 4.14. The van der Waals surface area contributed by atoms with Crippen molar-refractivity contribution in [2.24, 2.45) is 0 Å². The van der Waals surface area contributed by atoms with Gasteiger partial charge in [-0.3, -0.25) is 0 Å². The lowest BCUT2D eigenvalue weighted by Gasteiger charge is -2.01. The molecule has 0 unspecified atom stereocenters. The van der Waals surface area contributed by atoms with Crippen molar-refractivity contribution < 1.29 is 18.8 Å². The van der Waals surface area contributed by atoms with Crippen LogP contribution in [0.15, 0.2) is 17.6 Å². The maximum Gasteiger partial charge on any atom is 0.341 e. The van der Waals surface area contributed by atoms with Gasteiger partial charge in [-0.2, -0.15) is 4.33 Å². The third-order valence-electron chi connectivity index (χ3n) is 1.32. The van der Waals surface area contributed by atoms with Crippen molar-refractivity contribution in [2.45, 2.75) is 12.1 Å². The molecule has 0 aliphatic carbocycles. The zero-order valence-corrected chi connectivity index (χ0v) is 9.11. The molecule has 0 spiro atoms. The van der Waals surface area contributed by atoms with E-state index in [1.165, 1.54) is 19.5 Å². The number of hydrogen-bond acceptors (Lipinski definition) is 7. The van der Waals surface area contributed by atoms with Crippen LogP contribution in [0.4, 0.5) is 0 Å². The molecule has 82 valence electrons. The Bertz CT molecular complexity index is 317. The molecule has 0 aliphatic heterocycles. The number of carbonyl (C=O) groups is 1. The fourth-order valence-corrected chi connectivity index (χ4v) is 1.06. The summed E-state index contributed by atoms with van der Waals surface area (Å²) in [6, 6.07) is 0. The Morgan fingerprint density at radius 2 is 2.13 bits per heavy atom. The highest BCUT2D eigenvalue weighted by Crippen LogP contribution is 2.13. The van der Waals surface area contributed by atoms with E-state index in [2.05, 4.69) is 19.2 Å². The topological polar surface area (TPSA) is 70.5 Å². The molecule has 0 aliphatic rings. The molecule has 15 heavy (non-hydrogen) atoms. The van der Waals surface area contributed by atoms with Gasteiger partial charge in [0.2, 0.25) is 5.16 Å². The number of aromatic nitrogens is 2. The van der Waals surface area contributed by atoms with E-state index in [9.17, 15) is 4.79 Å². The van der Waals surface area contributed by atoms with Crippen LogP contribution in [0.1, 0.15) is 17.3 Å². The SMILES string of the molecule is CCOC(=O)c1cnc(SOOC)nc1. The molecule has 0 radical (unpaired) electrons. The Hall–Kier alpha value is -1.18. The lowest BCUT2D eigenvalue weighted by Crippen LogP contribution is -2.05. The smallest absolute Gasteiger partial charge is 0.341 e. The molecule has 0 N–H and O–H groups in total. The van der Waals surface area contributed by atoms with Gasteiger partial charge in [-0.25, -0.2) is 19.7 Å². The first kappa shape index (κ1) is 11.9. The van der Waals surface area contributed by atoms with Crippen molar-refractivity contribution in [3.05, 3.63) is 18.0 Å². The van der Waals surface area contributed by atoms with Gasteiger partial charge in [0.05, 0.1) is 19.3 Å². The Kier molecular flexibility index (Phi) is 5.02. The molecule has 0 aromatic carbocycles. The van der Waals surface area contributed by atoms with Crippen molar-refractivity contribution in [3.63, 3.8) is 0 Å². The number of ether oxygens (including phenoxy) is 1. The van der Waals surface area contributed by atoms with Crippen LogP contribution in [0, 0.1) is 0 Å². The van der Waals surface area contributed by atoms with E-state index in [4.69, 9.17) is 4.74 Å². The number of hydrogen-bond donors (Lipinski definition) is 0. The van der Waals surface area contributed by atoms with Crippen LogP contribution < -0.4 is 0 Å². The monoisotopic (exact) mass is 230 g/mol. The third kappa shape index (κ3) is 3.82. The highest BCUT2D eigenvalue weighted by molar-refractivity contribution is 7.94. The summed E-state index contributed by atoms with van der Waals surface area (Å²) >= 11 is 0.858. The fraction of sp³-hybridized carbons (Fsp3) is 0.375. The van der Waals surface area contributed by atoms with Gasteiger partial charge in [-0.15, -0.1) is 0 Å². The van der Waals surface area contributed by atoms with Crippen LogP contribution in [0.5, 0.6) is 0 Å². The fourth-order valence-electron chi connectivity index (χ4n) is 0.744. The quantitative estimate of drug-likeness (QED) is 0.248. The molecule has 6 nitrogen and oxygen atoms in total. The van der Waals surface area contributed by atoms with Crippen LogP contribution in [0.3, 0.4) is 0 Å². The number of rotatable bonds is 5. The normalized spacial score (nSPS) is 10.0. The maximum absolute atomic E-state index is 11.2. The van der Waals surface area contributed by atoms with Crippen molar-refractivity contribution in [1.82, 2.24) is 9.97 Å². The molecule has 1 heterocycles. The van der Waals surface area contributed by atoms with Crippen LogP contribution in [0.2, 0.25) is 0 Å². The minimum atomic E-state index is -0.443. The highest BCUT2D eigenvalue weighted by Gasteiger charge is 2.08. The van der Waals surface area contributed by atoms with Gasteiger partial charge in [-0.1, -0.05) is 0 Å². The second-order valence-electron chi connectivity index (χ2n) is 2.29. The molecule has 1 aromatic rings. The molecule has 0 atom stereocenters. The van der Waals surface area contributed by atoms with E-state index in [0.29, 0.717) is 17.3 Å². The summed E-state index contributed by atoms with van der Waals surface area (Å²) in [6.07, 6.45) is 2.73. The minimum Gasteiger partial charge on any atom is -0.462 e. The zero-order valence-electron chi connectivity index (χ0n) is 8.30. The molecular formula is C8H10N2O4S. The van der Waals surface area contributed by atoms with Crippen LogP contribution in [0.25, 0.3) is 0 Å². The molecule has 0 saturated heterocycles. The highest BCUT2D eigenvalue weighted by atomic mass is 32.2. The molecule has 0 bridgehead atoms. The second-order valence-corrected chi connectivity index (χ2v) is 2.96. The minimum absolute atomic E-state index is 0.304. The van der Waals surface area contributed by atoms with E-state index in [1.54, 1.807) is 6.92 Å². The van der Waals surface area contributed by atoms with E-state index < -0.39 is 5.97 Å². The van der Waals surface area contributed by atoms with Gasteiger partial charge >= 0.3 is 5.97 Å². The van der Waals surface area contributed by atoms with Gasteiger partial charge in [0.25, 0.3) is 0 Å². The average molecular weight is 230 g/mol. The van der Waals surface area contributed by atoms with Crippen LogP contribution in [-0.4, -0.2) is 29.7 Å². The number of nitrogens with zero attached hydrogens (tertiary/aromatic N) is 2. The Balaban J connectivity index is 2.59. The van der Waals surface area contributed by atoms with Crippen LogP contribution in [-0.2, 0) is 14.0 Å². The number of carbonyl (C=O) groups excluding carboxylic acids is 1. The molecule has 1 aromatic heterocycles. The average Bonchev–Trinajstić information content (AvgIpc) is 2.27. The summed E-state index contributed by atoms with van der Waals surface area (Å²) in [5.74, 6) is -0.443. The van der Waals surface area contributed by atoms with Crippen molar-refractivity contribution in [1.29, 1.82) is 0 Å². The molecule has 1 rings (SSSR count). The summed E-state index contributed by atoms with van der Waals surface area (Å²) in [5.41, 5.74) is 0.304. The first-order chi connectivity index (χ1) is 7.27. The molecular weight excluding hydrogens is 220 g/mol. The van der Waals surface area contributed by atoms with E-state index in [-0.39, 0.29) is 0 Å². The summed E-state index contributed by atoms with van der Waals surface area (Å²) in [5, 5.41) is 0.352. The summed E-state index contributed by atoms with van der Waals surface area (Å²) in [7, 11) is 1.37. The Labute approximate surface area is 91.1 Å². The molecule has 0 fully saturated rings. The number of esters is 1. The lowest BCUT2D eigenvalue weighted by atomic mass is 10.3. The largest absolute Gasteiger partial charge is 0.462 e. The molecule has 0 saturated carbocycles. The summed E-state index contributed by atoms with van der Waals surface area (Å²) < 4.78 is 9.31. The van der Waals surface area contributed by atoms with E-state index in [1.807, 2.05) is 0 Å². The van der Waals surface area contributed by atoms with Crippen molar-refractivity contribution >= 4 is 18.0 Å². The Morgan fingerprint density at radius 1 is 1.47 bits per heavy atom. The predicted molar refractivity (Wildman–Crippen MR) is 51.9 cm³/mol. The lowest BCUT2D eigenvalue weighted by molar-refractivity contribution is -0.160. The van der Waals surface area contributed by atoms with E-state index in [0.717, 1.165) is 12.0 Å². The first-order valence-corrected chi connectivity index (χ1v) is 4.88. The van der Waals surface area contributed by atoms with Gasteiger partial charge < -0.3 is 4.74 Å². The Morgan fingerprint density at radius 3 is 2.67 bits per heavy atom. The van der Waals surface area contributed by atoms with Gasteiger partial charge in [0.1, 0.15) is 12.0 Å². The van der Waals surface area contributed by atoms with Gasteiger partial charge in [-0.05, 0) is 6.92 Å². The summed E-state index contributed by atoms with van der Waals surface area (Å²) in [4.78, 5) is 23.3. The van der Waals surface area contributed by atoms with Gasteiger partial charge in [0, 0.05) is 12.4 Å². The maximum atomic E-state index is 11.2. The zero-order chi connectivity index (χ0) is 11.1. The van der Waals surface area contributed by atoms with Crippen LogP contribution >= 0.6 is 12.0 Å². The van der Waals surface area contributed by atoms with Crippen molar-refractivity contribution in [2.75, 3.05) is 13.7 Å². The molecule has 7 heteroatoms.